The Morgan fingerprint density at radius 1 is 0.800 bits per heavy atom. The summed E-state index contributed by atoms with van der Waals surface area (Å²) in [5.74, 6) is 37.5. The maximum Gasteiger partial charge on any atom is 0.171 e. The molecule has 0 rings (SSSR count). The predicted molar refractivity (Wildman–Crippen MR) is 130 cm³/mol. The molecule has 30 heavy (non-hydrogen) atoms. The summed E-state index contributed by atoms with van der Waals surface area (Å²) in [6.45, 7) is 10.1. The Balaban J connectivity index is 7.11. The first-order valence-corrected chi connectivity index (χ1v) is 10.9. The van der Waals surface area contributed by atoms with Crippen molar-refractivity contribution in [3.05, 3.63) is 0 Å². The quantitative estimate of drug-likeness (QED) is 0.363. The van der Waals surface area contributed by atoms with Crippen LogP contribution in [0.1, 0.15) is 86.0 Å². The third-order valence-corrected chi connectivity index (χ3v) is 4.76. The fourth-order valence-corrected chi connectivity index (χ4v) is 3.20. The van der Waals surface area contributed by atoms with Crippen molar-refractivity contribution >= 4 is 0 Å². The molecule has 0 saturated heterocycles. The van der Waals surface area contributed by atoms with Crippen molar-refractivity contribution in [1.82, 2.24) is 0 Å². The van der Waals surface area contributed by atoms with Gasteiger partial charge in [0.15, 0.2) is 5.41 Å². The van der Waals surface area contributed by atoms with E-state index in [1.54, 1.807) is 6.92 Å². The molecule has 154 valence electrons. The SMILES string of the molecule is C#CCC(C#CC)(C(C#C)CC)C(C#CC#CCCCC)(C#CCC)C#CCCC. The van der Waals surface area contributed by atoms with Gasteiger partial charge in [0.25, 0.3) is 0 Å². The second-order valence-electron chi connectivity index (χ2n) is 6.97. The number of rotatable bonds is 7. The first-order chi connectivity index (χ1) is 14.6. The Labute approximate surface area is 186 Å². The van der Waals surface area contributed by atoms with Gasteiger partial charge in [-0.3, -0.25) is 0 Å². The second-order valence-corrected chi connectivity index (χ2v) is 6.97. The lowest BCUT2D eigenvalue weighted by Crippen LogP contribution is -2.44. The maximum absolute atomic E-state index is 5.96. The zero-order valence-corrected chi connectivity index (χ0v) is 19.4. The number of hydrogen-bond donors (Lipinski definition) is 0. The summed E-state index contributed by atoms with van der Waals surface area (Å²) < 4.78 is 0. The minimum Gasteiger partial charge on any atom is -0.120 e. The van der Waals surface area contributed by atoms with Gasteiger partial charge in [-0.1, -0.05) is 63.7 Å². The normalized spacial score (nSPS) is 13.6. The smallest absolute Gasteiger partial charge is 0.120 e. The van der Waals surface area contributed by atoms with Gasteiger partial charge in [-0.05, 0) is 38.0 Å². The van der Waals surface area contributed by atoms with Crippen LogP contribution in [0, 0.1) is 101 Å². The van der Waals surface area contributed by atoms with Crippen molar-refractivity contribution in [3.63, 3.8) is 0 Å². The summed E-state index contributed by atoms with van der Waals surface area (Å²) in [7, 11) is 0. The van der Waals surface area contributed by atoms with Gasteiger partial charge in [0.1, 0.15) is 0 Å². The zero-order chi connectivity index (χ0) is 22.7. The molecule has 0 saturated carbocycles. The number of terminal acetylenes is 2. The summed E-state index contributed by atoms with van der Waals surface area (Å²) in [4.78, 5) is 0. The molecule has 0 heteroatoms. The molecule has 0 aliphatic heterocycles. The molecule has 0 spiro atoms. The van der Waals surface area contributed by atoms with E-state index in [1.165, 1.54) is 0 Å². The summed E-state index contributed by atoms with van der Waals surface area (Å²) in [5, 5.41) is 0. The minimum absolute atomic E-state index is 0.231. The van der Waals surface area contributed by atoms with Crippen LogP contribution in [0.4, 0.5) is 0 Å². The number of hydrogen-bond acceptors (Lipinski definition) is 0. The standard InChI is InChI=1S/C30H34/c1-8-15-18-19-20-22-27-29(25-17-10-3,26-21-16-9-2)30(23-11-4,24-12-5)28(13-6)14-7/h4,6,28H,8-10,14-16,18,23H2,1-3,5,7H3. The van der Waals surface area contributed by atoms with E-state index in [2.05, 4.69) is 84.9 Å². The largest absolute Gasteiger partial charge is 0.171 e. The van der Waals surface area contributed by atoms with Gasteiger partial charge >= 0.3 is 0 Å². The third-order valence-electron chi connectivity index (χ3n) is 4.76. The Bertz CT molecular complexity index is 921. The molecule has 3 unspecified atom stereocenters. The highest BCUT2D eigenvalue weighted by molar-refractivity contribution is 5.50. The van der Waals surface area contributed by atoms with Crippen molar-refractivity contribution in [2.45, 2.75) is 86.0 Å². The highest BCUT2D eigenvalue weighted by atomic mass is 14.5. The summed E-state index contributed by atoms with van der Waals surface area (Å²) in [5.41, 5.74) is -1.90. The van der Waals surface area contributed by atoms with E-state index in [9.17, 15) is 0 Å². The molecule has 0 aromatic rings. The van der Waals surface area contributed by atoms with Crippen LogP contribution in [0.3, 0.4) is 0 Å². The molecule has 0 aliphatic rings. The van der Waals surface area contributed by atoms with Gasteiger partial charge in [-0.2, -0.15) is 0 Å². The highest BCUT2D eigenvalue weighted by Gasteiger charge is 2.52. The topological polar surface area (TPSA) is 0 Å². The van der Waals surface area contributed by atoms with E-state index in [1.807, 2.05) is 13.8 Å². The van der Waals surface area contributed by atoms with Crippen molar-refractivity contribution in [1.29, 1.82) is 0 Å². The van der Waals surface area contributed by atoms with Crippen LogP contribution < -0.4 is 0 Å². The van der Waals surface area contributed by atoms with Crippen molar-refractivity contribution in [2.24, 2.45) is 16.7 Å². The lowest BCUT2D eigenvalue weighted by molar-refractivity contribution is 0.216. The van der Waals surface area contributed by atoms with Crippen molar-refractivity contribution in [3.8, 4) is 83.9 Å². The Morgan fingerprint density at radius 2 is 1.53 bits per heavy atom. The fourth-order valence-electron chi connectivity index (χ4n) is 3.20. The van der Waals surface area contributed by atoms with Crippen LogP contribution in [0.15, 0.2) is 0 Å². The molecule has 0 radical (unpaired) electrons. The second kappa shape index (κ2) is 15.8. The summed E-state index contributed by atoms with van der Waals surface area (Å²) >= 11 is 0. The first kappa shape index (κ1) is 26.9. The number of unbranched alkanes of at least 4 members (excludes halogenated alkanes) is 3. The zero-order valence-electron chi connectivity index (χ0n) is 19.4. The fraction of sp³-hybridized carbons (Fsp3) is 0.533. The Kier molecular flexibility index (Phi) is 14.2. The van der Waals surface area contributed by atoms with Crippen LogP contribution >= 0.6 is 0 Å². The van der Waals surface area contributed by atoms with Crippen LogP contribution in [-0.2, 0) is 0 Å². The molecule has 0 aromatic heterocycles. The van der Waals surface area contributed by atoms with E-state index in [0.29, 0.717) is 19.3 Å². The molecule has 0 amide bonds. The van der Waals surface area contributed by atoms with Gasteiger partial charge in [-0.15, -0.1) is 42.4 Å². The molecule has 0 bridgehead atoms. The lowest BCUT2D eigenvalue weighted by atomic mass is 9.56. The molecule has 0 nitrogen and oxygen atoms in total. The predicted octanol–water partition coefficient (Wildman–Crippen LogP) is 6.08. The molecule has 0 aliphatic carbocycles. The van der Waals surface area contributed by atoms with E-state index in [-0.39, 0.29) is 5.92 Å². The average molecular weight is 395 g/mol. The molecular formula is C30H34. The molecular weight excluding hydrogens is 360 g/mol. The van der Waals surface area contributed by atoms with Gasteiger partial charge in [0, 0.05) is 31.6 Å². The van der Waals surface area contributed by atoms with Crippen LogP contribution in [0.2, 0.25) is 0 Å². The third kappa shape index (κ3) is 7.39. The minimum atomic E-state index is -1.06. The van der Waals surface area contributed by atoms with Crippen molar-refractivity contribution < 1.29 is 0 Å². The van der Waals surface area contributed by atoms with E-state index in [0.717, 1.165) is 32.1 Å². The molecule has 0 aromatic carbocycles. The van der Waals surface area contributed by atoms with E-state index < -0.39 is 10.8 Å². The maximum atomic E-state index is 5.96. The highest BCUT2D eigenvalue weighted by Crippen LogP contribution is 2.48. The van der Waals surface area contributed by atoms with E-state index >= 15 is 0 Å². The van der Waals surface area contributed by atoms with Gasteiger partial charge < -0.3 is 0 Å². The van der Waals surface area contributed by atoms with Crippen molar-refractivity contribution in [2.75, 3.05) is 0 Å². The van der Waals surface area contributed by atoms with Crippen LogP contribution in [-0.4, -0.2) is 0 Å². The first-order valence-electron chi connectivity index (χ1n) is 10.9. The summed E-state index contributed by atoms with van der Waals surface area (Å²) in [6, 6.07) is 0. The Hall–Kier alpha value is -3.08. The molecule has 0 N–H and O–H groups in total. The monoisotopic (exact) mass is 394 g/mol. The summed E-state index contributed by atoms with van der Waals surface area (Å²) in [6.07, 6.45) is 18.2. The lowest BCUT2D eigenvalue weighted by Gasteiger charge is -2.40. The Morgan fingerprint density at radius 3 is 2.07 bits per heavy atom. The van der Waals surface area contributed by atoms with Crippen LogP contribution in [0.5, 0.6) is 0 Å². The van der Waals surface area contributed by atoms with Crippen LogP contribution in [0.25, 0.3) is 0 Å². The van der Waals surface area contributed by atoms with Gasteiger partial charge in [0.2, 0.25) is 0 Å². The molecule has 0 heterocycles. The van der Waals surface area contributed by atoms with E-state index in [4.69, 9.17) is 12.8 Å². The van der Waals surface area contributed by atoms with Gasteiger partial charge in [-0.25, -0.2) is 0 Å². The molecule has 0 fully saturated rings. The molecule has 3 atom stereocenters. The van der Waals surface area contributed by atoms with Gasteiger partial charge in [0.05, 0.1) is 5.41 Å². The average Bonchev–Trinajstić information content (AvgIpc) is 2.75.